The predicted molar refractivity (Wildman–Crippen MR) is 95.7 cm³/mol. The first-order valence-corrected chi connectivity index (χ1v) is 9.99. The lowest BCUT2D eigenvalue weighted by Gasteiger charge is -2.35. The van der Waals surface area contributed by atoms with Gasteiger partial charge in [0, 0.05) is 45.1 Å². The van der Waals surface area contributed by atoms with Crippen LogP contribution in [0.3, 0.4) is 0 Å². The third-order valence-electron chi connectivity index (χ3n) is 4.87. The van der Waals surface area contributed by atoms with Crippen molar-refractivity contribution in [3.8, 4) is 0 Å². The Morgan fingerprint density at radius 3 is 2.58 bits per heavy atom. The summed E-state index contributed by atoms with van der Waals surface area (Å²) in [5.74, 6) is 0. The molecule has 2 saturated heterocycles. The Hall–Kier alpha value is -2.45. The number of sulfonamides is 1. The van der Waals surface area contributed by atoms with Crippen LogP contribution < -0.4 is 0 Å². The highest BCUT2D eigenvalue weighted by atomic mass is 32.2. The van der Waals surface area contributed by atoms with Crippen LogP contribution in [0.1, 0.15) is 5.56 Å². The molecule has 0 bridgehead atoms. The van der Waals surface area contributed by atoms with Gasteiger partial charge >= 0.3 is 6.03 Å². The molecule has 1 atom stereocenters. The lowest BCUT2D eigenvalue weighted by Crippen LogP contribution is -2.53. The number of carbonyl (C=O) groups excluding carboxylic acids is 1. The zero-order chi connectivity index (χ0) is 18.1. The summed E-state index contributed by atoms with van der Waals surface area (Å²) >= 11 is 0. The number of carbonyl (C=O) groups is 1. The van der Waals surface area contributed by atoms with Gasteiger partial charge in [0.1, 0.15) is 0 Å². The fourth-order valence-electron chi connectivity index (χ4n) is 3.55. The summed E-state index contributed by atoms with van der Waals surface area (Å²) in [6.07, 6.45) is 3.45. The van der Waals surface area contributed by atoms with Crippen molar-refractivity contribution in [2.45, 2.75) is 17.5 Å². The molecule has 3 heterocycles. The maximum absolute atomic E-state index is 12.8. The number of pyridine rings is 1. The topological polar surface area (TPSA) is 73.8 Å². The number of nitrogens with zero attached hydrogens (tertiary/aromatic N) is 4. The number of amides is 2. The monoisotopic (exact) mass is 372 g/mol. The summed E-state index contributed by atoms with van der Waals surface area (Å²) in [4.78, 5) is 20.6. The number of benzene rings is 1. The Kier molecular flexibility index (Phi) is 4.37. The summed E-state index contributed by atoms with van der Waals surface area (Å²) in [7, 11) is -3.53. The molecule has 0 radical (unpaired) electrons. The molecule has 0 aliphatic carbocycles. The molecule has 0 N–H and O–H groups in total. The van der Waals surface area contributed by atoms with Crippen LogP contribution in [-0.2, 0) is 16.6 Å². The van der Waals surface area contributed by atoms with Gasteiger partial charge in [0.2, 0.25) is 10.0 Å². The standard InChI is InChI=1S/C18H20N4O3S/c23-18-20(12-15-5-4-8-19-11-15)13-16-14-21(9-10-22(16)18)26(24,25)17-6-2-1-3-7-17/h1-8,11,16H,9-10,12-14H2/t16-/m0/s1. The molecule has 2 aromatic rings. The average molecular weight is 372 g/mol. The summed E-state index contributed by atoms with van der Waals surface area (Å²) in [5.41, 5.74) is 0.967. The van der Waals surface area contributed by atoms with Crippen LogP contribution in [0.5, 0.6) is 0 Å². The van der Waals surface area contributed by atoms with Gasteiger partial charge in [0.15, 0.2) is 0 Å². The molecule has 2 fully saturated rings. The van der Waals surface area contributed by atoms with E-state index in [0.717, 1.165) is 5.56 Å². The van der Waals surface area contributed by atoms with Crippen LogP contribution in [0, 0.1) is 0 Å². The first kappa shape index (κ1) is 17.0. The number of rotatable bonds is 4. The number of hydrogen-bond donors (Lipinski definition) is 0. The fraction of sp³-hybridized carbons (Fsp3) is 0.333. The Bertz CT molecular complexity index is 889. The van der Waals surface area contributed by atoms with E-state index in [1.807, 2.05) is 12.1 Å². The Morgan fingerprint density at radius 1 is 1.04 bits per heavy atom. The molecule has 0 saturated carbocycles. The highest BCUT2D eigenvalue weighted by Gasteiger charge is 2.43. The first-order valence-electron chi connectivity index (χ1n) is 8.55. The fourth-order valence-corrected chi connectivity index (χ4v) is 5.04. The molecule has 2 amide bonds. The highest BCUT2D eigenvalue weighted by molar-refractivity contribution is 7.89. The van der Waals surface area contributed by atoms with E-state index in [2.05, 4.69) is 4.98 Å². The molecule has 4 rings (SSSR count). The van der Waals surface area contributed by atoms with E-state index in [9.17, 15) is 13.2 Å². The second kappa shape index (κ2) is 6.69. The van der Waals surface area contributed by atoms with E-state index in [1.54, 1.807) is 52.5 Å². The van der Waals surface area contributed by atoms with Crippen LogP contribution in [0.4, 0.5) is 4.79 Å². The van der Waals surface area contributed by atoms with Crippen molar-refractivity contribution in [3.63, 3.8) is 0 Å². The van der Waals surface area contributed by atoms with Crippen LogP contribution in [-0.4, -0.2) is 65.8 Å². The van der Waals surface area contributed by atoms with Gasteiger partial charge in [-0.2, -0.15) is 4.31 Å². The number of hydrogen-bond acceptors (Lipinski definition) is 4. The van der Waals surface area contributed by atoms with Gasteiger partial charge in [-0.05, 0) is 23.8 Å². The zero-order valence-electron chi connectivity index (χ0n) is 14.2. The highest BCUT2D eigenvalue weighted by Crippen LogP contribution is 2.25. The molecule has 2 aliphatic heterocycles. The molecular weight excluding hydrogens is 352 g/mol. The largest absolute Gasteiger partial charge is 0.320 e. The quantitative estimate of drug-likeness (QED) is 0.813. The van der Waals surface area contributed by atoms with Crippen molar-refractivity contribution in [1.82, 2.24) is 19.1 Å². The second-order valence-electron chi connectivity index (χ2n) is 6.55. The van der Waals surface area contributed by atoms with Crippen molar-refractivity contribution in [2.24, 2.45) is 0 Å². The SMILES string of the molecule is O=C1N(Cc2cccnc2)C[C@H]2CN(S(=O)(=O)c3ccccc3)CCN12. The van der Waals surface area contributed by atoms with E-state index >= 15 is 0 Å². The molecule has 0 unspecified atom stereocenters. The van der Waals surface area contributed by atoms with Crippen LogP contribution in [0.2, 0.25) is 0 Å². The van der Waals surface area contributed by atoms with Crippen molar-refractivity contribution in [2.75, 3.05) is 26.2 Å². The third kappa shape index (κ3) is 3.06. The van der Waals surface area contributed by atoms with Crippen molar-refractivity contribution in [1.29, 1.82) is 0 Å². The predicted octanol–water partition coefficient (Wildman–Crippen LogP) is 1.39. The molecule has 1 aromatic heterocycles. The van der Waals surface area contributed by atoms with Crippen molar-refractivity contribution >= 4 is 16.1 Å². The number of fused-ring (bicyclic) bond motifs is 1. The van der Waals surface area contributed by atoms with E-state index in [-0.39, 0.29) is 12.1 Å². The van der Waals surface area contributed by atoms with Gasteiger partial charge in [0.25, 0.3) is 0 Å². The van der Waals surface area contributed by atoms with E-state index < -0.39 is 10.0 Å². The molecule has 136 valence electrons. The van der Waals surface area contributed by atoms with Crippen molar-refractivity contribution < 1.29 is 13.2 Å². The third-order valence-corrected chi connectivity index (χ3v) is 6.75. The maximum Gasteiger partial charge on any atom is 0.320 e. The van der Waals surface area contributed by atoms with Gasteiger partial charge in [0.05, 0.1) is 10.9 Å². The van der Waals surface area contributed by atoms with Gasteiger partial charge in [-0.3, -0.25) is 4.98 Å². The van der Waals surface area contributed by atoms with Crippen molar-refractivity contribution in [3.05, 3.63) is 60.4 Å². The van der Waals surface area contributed by atoms with Crippen LogP contribution in [0.25, 0.3) is 0 Å². The zero-order valence-corrected chi connectivity index (χ0v) is 15.0. The smallest absolute Gasteiger partial charge is 0.318 e. The van der Waals surface area contributed by atoms with E-state index in [1.165, 1.54) is 4.31 Å². The lowest BCUT2D eigenvalue weighted by atomic mass is 10.2. The minimum Gasteiger partial charge on any atom is -0.318 e. The van der Waals surface area contributed by atoms with Gasteiger partial charge in [-0.1, -0.05) is 24.3 Å². The summed E-state index contributed by atoms with van der Waals surface area (Å²) in [6, 6.07) is 12.1. The van der Waals surface area contributed by atoms with Crippen LogP contribution in [0.15, 0.2) is 59.8 Å². The molecule has 26 heavy (non-hydrogen) atoms. The van der Waals surface area contributed by atoms with Crippen LogP contribution >= 0.6 is 0 Å². The van der Waals surface area contributed by atoms with Gasteiger partial charge < -0.3 is 9.80 Å². The molecule has 7 nitrogen and oxygen atoms in total. The number of aromatic nitrogens is 1. The number of urea groups is 1. The molecule has 1 aromatic carbocycles. The molecule has 0 spiro atoms. The maximum atomic E-state index is 12.8. The molecule has 2 aliphatic rings. The Labute approximate surface area is 152 Å². The summed E-state index contributed by atoms with van der Waals surface area (Å²) in [5, 5.41) is 0. The Balaban J connectivity index is 1.48. The van der Waals surface area contributed by atoms with Gasteiger partial charge in [-0.15, -0.1) is 0 Å². The molecular formula is C18H20N4O3S. The molecule has 8 heteroatoms. The first-order chi connectivity index (χ1) is 12.6. The van der Waals surface area contributed by atoms with E-state index in [0.29, 0.717) is 37.6 Å². The minimum atomic E-state index is -3.53. The second-order valence-corrected chi connectivity index (χ2v) is 8.49. The summed E-state index contributed by atoms with van der Waals surface area (Å²) < 4.78 is 27.2. The number of piperazine rings is 1. The lowest BCUT2D eigenvalue weighted by molar-refractivity contribution is 0.159. The minimum absolute atomic E-state index is 0.0318. The van der Waals surface area contributed by atoms with Gasteiger partial charge in [-0.25, -0.2) is 13.2 Å². The Morgan fingerprint density at radius 2 is 1.85 bits per heavy atom. The normalized spacial score (nSPS) is 21.1. The average Bonchev–Trinajstić information content (AvgIpc) is 2.98. The summed E-state index contributed by atoms with van der Waals surface area (Å²) in [6.45, 7) is 2.07. The van der Waals surface area contributed by atoms with E-state index in [4.69, 9.17) is 0 Å².